The van der Waals surface area contributed by atoms with Gasteiger partial charge in [0.25, 0.3) is 0 Å². The van der Waals surface area contributed by atoms with Crippen molar-refractivity contribution in [2.45, 2.75) is 19.1 Å². The number of hydrogen-bond donors (Lipinski definition) is 1. The summed E-state index contributed by atoms with van der Waals surface area (Å²) < 4.78 is 10.1. The van der Waals surface area contributed by atoms with E-state index in [0.717, 1.165) is 18.1 Å². The molecule has 1 aliphatic heterocycles. The van der Waals surface area contributed by atoms with Crippen molar-refractivity contribution in [3.63, 3.8) is 0 Å². The molecule has 1 N–H and O–H groups in total. The summed E-state index contributed by atoms with van der Waals surface area (Å²) in [6, 6.07) is -0.145. The Kier molecular flexibility index (Phi) is 5.29. The van der Waals surface area contributed by atoms with E-state index in [-0.39, 0.29) is 18.1 Å². The lowest BCUT2D eigenvalue weighted by molar-refractivity contribution is -0.152. The summed E-state index contributed by atoms with van der Waals surface area (Å²) in [7, 11) is 1.60. The first-order valence-electron chi connectivity index (χ1n) is 4.74. The molecule has 4 nitrogen and oxygen atoms in total. The van der Waals surface area contributed by atoms with Gasteiger partial charge in [0.2, 0.25) is 0 Å². The van der Waals surface area contributed by atoms with E-state index in [0.29, 0.717) is 6.61 Å². The van der Waals surface area contributed by atoms with Gasteiger partial charge in [0.05, 0.1) is 6.61 Å². The molecule has 0 aromatic rings. The first-order valence-corrected chi connectivity index (χ1v) is 5.90. The van der Waals surface area contributed by atoms with Gasteiger partial charge in [0.1, 0.15) is 12.1 Å². The Hall–Kier alpha value is -0.260. The summed E-state index contributed by atoms with van der Waals surface area (Å²) in [5.74, 6) is 1.71. The molecule has 0 saturated carbocycles. The summed E-state index contributed by atoms with van der Waals surface area (Å²) in [6.07, 6.45) is -0.166. The van der Waals surface area contributed by atoms with Crippen LogP contribution >= 0.6 is 11.8 Å². The number of ether oxygens (including phenoxy) is 2. The lowest BCUT2D eigenvalue weighted by Gasteiger charge is -2.23. The maximum Gasteiger partial charge on any atom is 0.324 e. The molecule has 1 fully saturated rings. The van der Waals surface area contributed by atoms with Gasteiger partial charge in [-0.05, 0) is 6.92 Å². The van der Waals surface area contributed by atoms with Crippen molar-refractivity contribution < 1.29 is 14.3 Å². The van der Waals surface area contributed by atoms with Crippen LogP contribution in [-0.4, -0.2) is 49.9 Å². The minimum Gasteiger partial charge on any atom is -0.459 e. The number of nitrogens with one attached hydrogen (secondary N) is 1. The molecule has 82 valence electrons. The molecule has 0 spiro atoms. The summed E-state index contributed by atoms with van der Waals surface area (Å²) in [6.45, 7) is 3.16. The highest BCUT2D eigenvalue weighted by Gasteiger charge is 2.23. The average molecular weight is 219 g/mol. The summed E-state index contributed by atoms with van der Waals surface area (Å²) in [4.78, 5) is 11.5. The monoisotopic (exact) mass is 219 g/mol. The molecule has 2 unspecified atom stereocenters. The molecule has 0 amide bonds. The highest BCUT2D eigenvalue weighted by atomic mass is 32.2. The van der Waals surface area contributed by atoms with Gasteiger partial charge in [-0.1, -0.05) is 0 Å². The van der Waals surface area contributed by atoms with Gasteiger partial charge in [-0.25, -0.2) is 0 Å². The van der Waals surface area contributed by atoms with Gasteiger partial charge < -0.3 is 14.8 Å². The van der Waals surface area contributed by atoms with Gasteiger partial charge >= 0.3 is 5.97 Å². The van der Waals surface area contributed by atoms with Gasteiger partial charge in [-0.2, -0.15) is 11.8 Å². The van der Waals surface area contributed by atoms with Gasteiger partial charge in [-0.3, -0.25) is 4.79 Å². The zero-order valence-electron chi connectivity index (χ0n) is 8.62. The average Bonchev–Trinajstić information content (AvgIpc) is 2.19. The van der Waals surface area contributed by atoms with Crippen molar-refractivity contribution in [1.29, 1.82) is 0 Å². The fourth-order valence-electron chi connectivity index (χ4n) is 1.27. The van der Waals surface area contributed by atoms with Crippen LogP contribution in [0.2, 0.25) is 0 Å². The van der Waals surface area contributed by atoms with Crippen molar-refractivity contribution in [2.24, 2.45) is 0 Å². The number of rotatable bonds is 4. The fourth-order valence-corrected chi connectivity index (χ4v) is 2.18. The SMILES string of the molecule is COCC(C)OC(=O)C1CSCCN1. The van der Waals surface area contributed by atoms with Crippen LogP contribution in [0.4, 0.5) is 0 Å². The molecule has 1 saturated heterocycles. The molecule has 0 aliphatic carbocycles. The summed E-state index contributed by atoms with van der Waals surface area (Å²) in [5.41, 5.74) is 0. The molecule has 5 heteroatoms. The van der Waals surface area contributed by atoms with Crippen molar-refractivity contribution in [1.82, 2.24) is 5.32 Å². The van der Waals surface area contributed by atoms with Crippen LogP contribution in [0.3, 0.4) is 0 Å². The highest BCUT2D eigenvalue weighted by molar-refractivity contribution is 7.99. The molecule has 0 bridgehead atoms. The van der Waals surface area contributed by atoms with Gasteiger partial charge in [0, 0.05) is 25.2 Å². The normalized spacial score (nSPS) is 24.3. The molecular formula is C9H17NO3S. The van der Waals surface area contributed by atoms with E-state index < -0.39 is 0 Å². The predicted octanol–water partition coefficient (Wildman–Crippen LogP) is 0.270. The number of carbonyl (C=O) groups excluding carboxylic acids is 1. The van der Waals surface area contributed by atoms with E-state index in [1.54, 1.807) is 18.9 Å². The largest absolute Gasteiger partial charge is 0.459 e. The van der Waals surface area contributed by atoms with E-state index in [1.807, 2.05) is 6.92 Å². The Morgan fingerprint density at radius 3 is 3.07 bits per heavy atom. The van der Waals surface area contributed by atoms with Crippen molar-refractivity contribution in [3.8, 4) is 0 Å². The Labute approximate surface area is 88.7 Å². The molecule has 0 aromatic carbocycles. The molecule has 0 aromatic heterocycles. The molecule has 1 heterocycles. The number of carbonyl (C=O) groups is 1. The molecule has 1 rings (SSSR count). The Balaban J connectivity index is 2.25. The van der Waals surface area contributed by atoms with E-state index in [9.17, 15) is 4.79 Å². The second-order valence-electron chi connectivity index (χ2n) is 3.28. The topological polar surface area (TPSA) is 47.6 Å². The van der Waals surface area contributed by atoms with E-state index in [4.69, 9.17) is 9.47 Å². The van der Waals surface area contributed by atoms with E-state index in [2.05, 4.69) is 5.32 Å². The van der Waals surface area contributed by atoms with Crippen molar-refractivity contribution >= 4 is 17.7 Å². The van der Waals surface area contributed by atoms with Crippen LogP contribution in [0.1, 0.15) is 6.92 Å². The fraction of sp³-hybridized carbons (Fsp3) is 0.889. The molecule has 0 radical (unpaired) electrons. The van der Waals surface area contributed by atoms with Crippen molar-refractivity contribution in [3.05, 3.63) is 0 Å². The molecular weight excluding hydrogens is 202 g/mol. The summed E-state index contributed by atoms with van der Waals surface area (Å²) >= 11 is 1.78. The lowest BCUT2D eigenvalue weighted by atomic mass is 10.3. The Morgan fingerprint density at radius 1 is 1.71 bits per heavy atom. The Morgan fingerprint density at radius 2 is 2.50 bits per heavy atom. The van der Waals surface area contributed by atoms with Crippen LogP contribution < -0.4 is 5.32 Å². The number of thioether (sulfide) groups is 1. The Bertz CT molecular complexity index is 183. The third-order valence-corrected chi connectivity index (χ3v) is 2.99. The minimum atomic E-state index is -0.166. The van der Waals surface area contributed by atoms with E-state index in [1.165, 1.54) is 0 Å². The predicted molar refractivity (Wildman–Crippen MR) is 56.5 cm³/mol. The maximum atomic E-state index is 11.5. The van der Waals surface area contributed by atoms with Crippen molar-refractivity contribution in [2.75, 3.05) is 31.8 Å². The third-order valence-electron chi connectivity index (χ3n) is 1.92. The minimum absolute atomic E-state index is 0.145. The number of methoxy groups -OCH3 is 1. The molecule has 14 heavy (non-hydrogen) atoms. The zero-order valence-corrected chi connectivity index (χ0v) is 9.43. The lowest BCUT2D eigenvalue weighted by Crippen LogP contribution is -2.45. The smallest absolute Gasteiger partial charge is 0.324 e. The second-order valence-corrected chi connectivity index (χ2v) is 4.43. The summed E-state index contributed by atoms with van der Waals surface area (Å²) in [5, 5.41) is 3.13. The van der Waals surface area contributed by atoms with E-state index >= 15 is 0 Å². The first-order chi connectivity index (χ1) is 6.74. The van der Waals surface area contributed by atoms with Crippen LogP contribution in [0.25, 0.3) is 0 Å². The highest BCUT2D eigenvalue weighted by Crippen LogP contribution is 2.09. The second kappa shape index (κ2) is 6.27. The van der Waals surface area contributed by atoms with Crippen LogP contribution in [0.5, 0.6) is 0 Å². The van der Waals surface area contributed by atoms with Gasteiger partial charge in [-0.15, -0.1) is 0 Å². The number of hydrogen-bond acceptors (Lipinski definition) is 5. The maximum absolute atomic E-state index is 11.5. The number of esters is 1. The van der Waals surface area contributed by atoms with Gasteiger partial charge in [0.15, 0.2) is 0 Å². The molecule has 1 aliphatic rings. The van der Waals surface area contributed by atoms with Crippen LogP contribution in [0.15, 0.2) is 0 Å². The van der Waals surface area contributed by atoms with Crippen LogP contribution in [-0.2, 0) is 14.3 Å². The van der Waals surface area contributed by atoms with Crippen LogP contribution in [0, 0.1) is 0 Å². The quantitative estimate of drug-likeness (QED) is 0.688. The first kappa shape index (κ1) is 11.8. The zero-order chi connectivity index (χ0) is 10.4. The molecule has 2 atom stereocenters. The third kappa shape index (κ3) is 3.86. The standard InChI is InChI=1S/C9H17NO3S/c1-7(5-12-2)13-9(11)8-6-14-4-3-10-8/h7-8,10H,3-6H2,1-2H3.